The highest BCUT2D eigenvalue weighted by molar-refractivity contribution is 6.21. The quantitative estimate of drug-likeness (QED) is 0.192. The van der Waals surface area contributed by atoms with Gasteiger partial charge in [-0.15, -0.1) is 0 Å². The van der Waals surface area contributed by atoms with Gasteiger partial charge in [-0.3, -0.25) is 0 Å². The summed E-state index contributed by atoms with van der Waals surface area (Å²) in [7, 11) is 0. The minimum Gasteiger partial charge on any atom is -0.460 e. The van der Waals surface area contributed by atoms with Crippen molar-refractivity contribution in [1.29, 1.82) is 0 Å². The fourth-order valence-electron chi connectivity index (χ4n) is 8.87. The third kappa shape index (κ3) is 3.99. The van der Waals surface area contributed by atoms with E-state index in [4.69, 9.17) is 4.42 Å². The van der Waals surface area contributed by atoms with Crippen molar-refractivity contribution in [3.05, 3.63) is 133 Å². The van der Waals surface area contributed by atoms with Crippen LogP contribution in [0.15, 0.2) is 132 Å². The van der Waals surface area contributed by atoms with Crippen LogP contribution < -0.4 is 0 Å². The molecule has 6 aromatic carbocycles. The lowest BCUT2D eigenvalue weighted by molar-refractivity contribution is 0.130. The molecule has 0 aliphatic heterocycles. The van der Waals surface area contributed by atoms with Crippen molar-refractivity contribution in [3.8, 4) is 33.4 Å². The molecule has 0 radical (unpaired) electrons. The highest BCUT2D eigenvalue weighted by Gasteiger charge is 2.44. The zero-order chi connectivity index (χ0) is 29.1. The van der Waals surface area contributed by atoms with Crippen LogP contribution in [-0.4, -0.2) is 0 Å². The highest BCUT2D eigenvalue weighted by atomic mass is 16.3. The molecule has 0 atom stereocenters. The molecular formula is C43H36O. The topological polar surface area (TPSA) is 13.1 Å². The van der Waals surface area contributed by atoms with Gasteiger partial charge in [0.2, 0.25) is 0 Å². The van der Waals surface area contributed by atoms with Crippen LogP contribution in [0.25, 0.3) is 65.9 Å². The summed E-state index contributed by atoms with van der Waals surface area (Å²) in [6.07, 6.45) is 9.19. The van der Waals surface area contributed by atoms with Gasteiger partial charge in [0, 0.05) is 16.4 Å². The molecule has 1 heterocycles. The van der Waals surface area contributed by atoms with Crippen molar-refractivity contribution in [2.75, 3.05) is 0 Å². The molecule has 44 heavy (non-hydrogen) atoms. The number of hydrogen-bond donors (Lipinski definition) is 0. The van der Waals surface area contributed by atoms with Gasteiger partial charge in [-0.1, -0.05) is 147 Å². The Morgan fingerprint density at radius 1 is 0.455 bits per heavy atom. The van der Waals surface area contributed by atoms with Gasteiger partial charge >= 0.3 is 0 Å². The van der Waals surface area contributed by atoms with Gasteiger partial charge in [-0.25, -0.2) is 0 Å². The van der Waals surface area contributed by atoms with Gasteiger partial charge < -0.3 is 4.42 Å². The smallest absolute Gasteiger partial charge is 0.134 e. The number of hydrogen-bond acceptors (Lipinski definition) is 1. The average molecular weight is 569 g/mol. The number of furan rings is 1. The Balaban J connectivity index is 1.24. The molecule has 1 nitrogen and oxygen atoms in total. The van der Waals surface area contributed by atoms with Gasteiger partial charge in [0.25, 0.3) is 0 Å². The Morgan fingerprint density at radius 2 is 0.909 bits per heavy atom. The molecule has 2 fully saturated rings. The summed E-state index contributed by atoms with van der Waals surface area (Å²) in [5.41, 5.74) is 8.92. The van der Waals surface area contributed by atoms with E-state index in [2.05, 4.69) is 127 Å². The Kier molecular flexibility index (Phi) is 6.01. The largest absolute Gasteiger partial charge is 0.460 e. The van der Waals surface area contributed by atoms with Gasteiger partial charge in [-0.05, 0) is 80.6 Å². The molecule has 2 saturated carbocycles. The lowest BCUT2D eigenvalue weighted by Crippen LogP contribution is -2.36. The van der Waals surface area contributed by atoms with Crippen molar-refractivity contribution >= 4 is 32.5 Å². The minimum absolute atomic E-state index is 0.174. The first-order chi connectivity index (χ1) is 21.8. The summed E-state index contributed by atoms with van der Waals surface area (Å²) in [4.78, 5) is 0. The molecule has 1 heteroatoms. The van der Waals surface area contributed by atoms with E-state index in [0.717, 1.165) is 11.5 Å². The van der Waals surface area contributed by atoms with Gasteiger partial charge in [-0.2, -0.15) is 0 Å². The zero-order valence-corrected chi connectivity index (χ0v) is 25.1. The van der Waals surface area contributed by atoms with Crippen molar-refractivity contribution < 1.29 is 4.42 Å². The van der Waals surface area contributed by atoms with Crippen molar-refractivity contribution in [2.45, 2.75) is 50.4 Å². The molecule has 214 valence electrons. The number of benzene rings is 6. The number of fused-ring (bicyclic) bond motifs is 5. The first-order valence-corrected chi connectivity index (χ1v) is 16.4. The molecule has 2 bridgehead atoms. The van der Waals surface area contributed by atoms with E-state index in [1.165, 1.54) is 111 Å². The van der Waals surface area contributed by atoms with E-state index in [1.807, 2.05) is 0 Å². The van der Waals surface area contributed by atoms with E-state index in [0.29, 0.717) is 0 Å². The van der Waals surface area contributed by atoms with E-state index < -0.39 is 0 Å². The fourth-order valence-corrected chi connectivity index (χ4v) is 8.87. The monoisotopic (exact) mass is 568 g/mol. The van der Waals surface area contributed by atoms with Gasteiger partial charge in [0.1, 0.15) is 11.3 Å². The lowest BCUT2D eigenvalue weighted by atomic mass is 9.60. The lowest BCUT2D eigenvalue weighted by Gasteiger charge is -2.44. The fraction of sp³-hybridized carbons (Fsp3) is 0.209. The Labute approximate surface area is 259 Å². The maximum Gasteiger partial charge on any atom is 0.134 e. The molecule has 0 N–H and O–H groups in total. The summed E-state index contributed by atoms with van der Waals surface area (Å²) in [5, 5.41) is 6.43. The van der Waals surface area contributed by atoms with Crippen LogP contribution in [0, 0.1) is 5.92 Å². The van der Waals surface area contributed by atoms with Crippen LogP contribution in [0.4, 0.5) is 0 Å². The summed E-state index contributed by atoms with van der Waals surface area (Å²) in [5.74, 6) is 2.10. The van der Waals surface area contributed by atoms with E-state index in [-0.39, 0.29) is 5.41 Å². The molecule has 0 spiro atoms. The molecule has 0 saturated heterocycles. The molecular weight excluding hydrogens is 532 g/mol. The van der Waals surface area contributed by atoms with Gasteiger partial charge in [0.05, 0.1) is 0 Å². The summed E-state index contributed by atoms with van der Waals surface area (Å²) in [6.45, 7) is 0. The first-order valence-electron chi connectivity index (χ1n) is 16.4. The maximum atomic E-state index is 6.85. The van der Waals surface area contributed by atoms with Gasteiger partial charge in [0.15, 0.2) is 0 Å². The number of rotatable bonds is 4. The predicted molar refractivity (Wildman–Crippen MR) is 185 cm³/mol. The third-order valence-corrected chi connectivity index (χ3v) is 10.7. The van der Waals surface area contributed by atoms with E-state index >= 15 is 0 Å². The van der Waals surface area contributed by atoms with Crippen LogP contribution in [0.3, 0.4) is 0 Å². The second-order valence-corrected chi connectivity index (χ2v) is 13.2. The third-order valence-electron chi connectivity index (χ3n) is 10.7. The molecule has 7 aromatic rings. The van der Waals surface area contributed by atoms with Crippen LogP contribution in [-0.2, 0) is 5.41 Å². The highest BCUT2D eigenvalue weighted by Crippen LogP contribution is 2.55. The summed E-state index contributed by atoms with van der Waals surface area (Å²) >= 11 is 0. The SMILES string of the molecule is c1ccc(-c2c3ccccc3c(-c3ccc(-c4c(C56CCCC(CCC5)C6)oc5ccccc45)cc3)c3ccccc23)cc1. The second-order valence-electron chi connectivity index (χ2n) is 13.2. The standard InChI is InChI=1S/C43H36O/c1-2-14-30(15-3-1)39-33-16-4-6-18-35(33)40(36-19-7-5-17-34(36)39)31-22-24-32(25-23-31)41-37-20-8-9-21-38(37)44-42(41)43-26-10-12-29(28-43)13-11-27-43/h1-9,14-25,29H,10-13,26-28H2. The minimum atomic E-state index is 0.174. The molecule has 9 rings (SSSR count). The van der Waals surface area contributed by atoms with E-state index in [9.17, 15) is 0 Å². The van der Waals surface area contributed by atoms with Crippen LogP contribution in [0.5, 0.6) is 0 Å². The maximum absolute atomic E-state index is 6.85. The number of para-hydroxylation sites is 1. The molecule has 2 aliphatic carbocycles. The van der Waals surface area contributed by atoms with Crippen molar-refractivity contribution in [2.24, 2.45) is 5.92 Å². The Hall–Kier alpha value is -4.62. The van der Waals surface area contributed by atoms with Crippen molar-refractivity contribution in [3.63, 3.8) is 0 Å². The molecule has 2 aliphatic rings. The Bertz CT molecular complexity index is 2080. The second kappa shape index (κ2) is 10.2. The zero-order valence-electron chi connectivity index (χ0n) is 25.1. The normalized spacial score (nSPS) is 20.0. The molecule has 0 unspecified atom stereocenters. The summed E-state index contributed by atoms with van der Waals surface area (Å²) in [6, 6.07) is 46.8. The first kappa shape index (κ1) is 25.8. The molecule has 0 amide bonds. The average Bonchev–Trinajstić information content (AvgIpc) is 3.48. The Morgan fingerprint density at radius 3 is 1.48 bits per heavy atom. The van der Waals surface area contributed by atoms with Crippen molar-refractivity contribution in [1.82, 2.24) is 0 Å². The van der Waals surface area contributed by atoms with Crippen LogP contribution in [0.1, 0.15) is 50.7 Å². The van der Waals surface area contributed by atoms with E-state index in [1.54, 1.807) is 0 Å². The predicted octanol–water partition coefficient (Wildman–Crippen LogP) is 12.4. The molecule has 1 aromatic heterocycles. The van der Waals surface area contributed by atoms with Crippen LogP contribution >= 0.6 is 0 Å². The summed E-state index contributed by atoms with van der Waals surface area (Å²) < 4.78 is 6.85. The van der Waals surface area contributed by atoms with Crippen LogP contribution in [0.2, 0.25) is 0 Å².